The Morgan fingerprint density at radius 2 is 1.88 bits per heavy atom. The topological polar surface area (TPSA) is 75.5 Å². The highest BCUT2D eigenvalue weighted by molar-refractivity contribution is 7.89. The lowest BCUT2D eigenvalue weighted by Gasteiger charge is -2.26. The second-order valence-electron chi connectivity index (χ2n) is 8.40. The quantitative estimate of drug-likeness (QED) is 0.534. The molecule has 174 valence electrons. The first-order valence-electron chi connectivity index (χ1n) is 11.2. The van der Waals surface area contributed by atoms with Crippen molar-refractivity contribution in [3.8, 4) is 0 Å². The summed E-state index contributed by atoms with van der Waals surface area (Å²) in [5.41, 5.74) is 4.02. The molecule has 0 bridgehead atoms. The van der Waals surface area contributed by atoms with Crippen LogP contribution in [0.5, 0.6) is 0 Å². The van der Waals surface area contributed by atoms with Gasteiger partial charge in [0.2, 0.25) is 15.9 Å². The number of aryl methyl sites for hydroxylation is 2. The zero-order valence-corrected chi connectivity index (χ0v) is 20.2. The lowest BCUT2D eigenvalue weighted by Crippen LogP contribution is -2.34. The first-order valence-corrected chi connectivity index (χ1v) is 12.7. The molecule has 0 unspecified atom stereocenters. The number of nitrogens with zero attached hydrogens (tertiary/aromatic N) is 4. The molecule has 3 aromatic rings. The van der Waals surface area contributed by atoms with Gasteiger partial charge in [0.1, 0.15) is 5.82 Å². The average molecular weight is 467 g/mol. The van der Waals surface area contributed by atoms with Gasteiger partial charge in [0.05, 0.1) is 15.9 Å². The number of hydrogen-bond acceptors (Lipinski definition) is 4. The summed E-state index contributed by atoms with van der Waals surface area (Å²) in [7, 11) is -0.498. The molecular weight excluding hydrogens is 436 g/mol. The van der Waals surface area contributed by atoms with Crippen LogP contribution in [0.15, 0.2) is 59.5 Å². The van der Waals surface area contributed by atoms with Crippen molar-refractivity contribution in [3.05, 3.63) is 66.0 Å². The molecule has 2 heterocycles. The molecule has 0 N–H and O–H groups in total. The van der Waals surface area contributed by atoms with E-state index in [0.717, 1.165) is 24.3 Å². The summed E-state index contributed by atoms with van der Waals surface area (Å²) in [6, 6.07) is 15.3. The fraction of sp³-hybridized carbons (Fsp3) is 0.360. The number of carbonyl (C=O) groups excluding carboxylic acids is 1. The molecule has 2 aromatic carbocycles. The summed E-state index contributed by atoms with van der Waals surface area (Å²) in [5.74, 6) is 0.918. The predicted molar refractivity (Wildman–Crippen MR) is 130 cm³/mol. The highest BCUT2D eigenvalue weighted by Gasteiger charge is 2.21. The van der Waals surface area contributed by atoms with Gasteiger partial charge in [-0.2, -0.15) is 0 Å². The highest BCUT2D eigenvalue weighted by Crippen LogP contribution is 2.24. The van der Waals surface area contributed by atoms with E-state index in [1.807, 2.05) is 30.0 Å². The summed E-state index contributed by atoms with van der Waals surface area (Å²) in [6.07, 6.45) is 3.89. The van der Waals surface area contributed by atoms with E-state index in [0.29, 0.717) is 31.4 Å². The van der Waals surface area contributed by atoms with Crippen molar-refractivity contribution in [3.63, 3.8) is 0 Å². The van der Waals surface area contributed by atoms with E-state index in [4.69, 9.17) is 0 Å². The maximum absolute atomic E-state index is 12.9. The molecule has 0 saturated heterocycles. The minimum Gasteiger partial charge on any atom is -0.339 e. The Balaban J connectivity index is 1.47. The molecule has 1 aliphatic heterocycles. The third kappa shape index (κ3) is 4.72. The Kier molecular flexibility index (Phi) is 6.67. The number of sulfonamides is 1. The van der Waals surface area contributed by atoms with Crippen LogP contribution in [-0.4, -0.2) is 60.3 Å². The number of fused-ring (bicyclic) bond motifs is 1. The van der Waals surface area contributed by atoms with Gasteiger partial charge in [-0.05, 0) is 42.7 Å². The van der Waals surface area contributed by atoms with E-state index in [1.165, 1.54) is 29.5 Å². The maximum atomic E-state index is 12.9. The van der Waals surface area contributed by atoms with Crippen molar-refractivity contribution in [1.82, 2.24) is 18.8 Å². The summed E-state index contributed by atoms with van der Waals surface area (Å²) in [4.78, 5) is 19.7. The van der Waals surface area contributed by atoms with Crippen LogP contribution >= 0.6 is 0 Å². The minimum atomic E-state index is -3.53. The average Bonchev–Trinajstić information content (AvgIpc) is 3.19. The van der Waals surface area contributed by atoms with Crippen molar-refractivity contribution in [1.29, 1.82) is 0 Å². The van der Waals surface area contributed by atoms with Crippen LogP contribution in [0.3, 0.4) is 0 Å². The van der Waals surface area contributed by atoms with E-state index < -0.39 is 10.0 Å². The molecule has 1 amide bonds. The second kappa shape index (κ2) is 9.49. The first-order chi connectivity index (χ1) is 15.8. The van der Waals surface area contributed by atoms with Crippen LogP contribution in [0, 0.1) is 0 Å². The molecule has 0 radical (unpaired) electrons. The van der Waals surface area contributed by atoms with Gasteiger partial charge in [-0.25, -0.2) is 17.7 Å². The summed E-state index contributed by atoms with van der Waals surface area (Å²) in [6.45, 7) is 4.07. The molecule has 8 heteroatoms. The van der Waals surface area contributed by atoms with Gasteiger partial charge in [-0.15, -0.1) is 0 Å². The van der Waals surface area contributed by atoms with Gasteiger partial charge in [0, 0.05) is 46.6 Å². The van der Waals surface area contributed by atoms with Gasteiger partial charge in [-0.3, -0.25) is 4.79 Å². The molecule has 33 heavy (non-hydrogen) atoms. The Hall–Kier alpha value is -2.97. The first kappa shape index (κ1) is 23.2. The maximum Gasteiger partial charge on any atom is 0.242 e. The monoisotopic (exact) mass is 466 g/mol. The molecule has 1 aromatic heterocycles. The van der Waals surface area contributed by atoms with Crippen LogP contribution in [0.1, 0.15) is 31.2 Å². The predicted octanol–water partition coefficient (Wildman–Crippen LogP) is 3.56. The molecule has 0 atom stereocenters. The fourth-order valence-corrected chi connectivity index (χ4v) is 5.18. The number of rotatable bonds is 7. The number of amides is 1. The van der Waals surface area contributed by atoms with Crippen LogP contribution < -0.4 is 0 Å². The lowest BCUT2D eigenvalue weighted by atomic mass is 9.99. The van der Waals surface area contributed by atoms with E-state index in [1.54, 1.807) is 18.2 Å². The highest BCUT2D eigenvalue weighted by atomic mass is 32.2. The zero-order valence-electron chi connectivity index (χ0n) is 19.4. The van der Waals surface area contributed by atoms with Gasteiger partial charge in [0.15, 0.2) is 0 Å². The molecule has 1 aliphatic rings. The molecular formula is C25H30N4O3S. The van der Waals surface area contributed by atoms with E-state index in [-0.39, 0.29) is 10.8 Å². The van der Waals surface area contributed by atoms with Crippen molar-refractivity contribution in [2.75, 3.05) is 27.2 Å². The molecule has 0 spiro atoms. The number of benzene rings is 2. The van der Waals surface area contributed by atoms with Crippen LogP contribution in [-0.2, 0) is 27.8 Å². The summed E-state index contributed by atoms with van der Waals surface area (Å²) >= 11 is 0. The van der Waals surface area contributed by atoms with Gasteiger partial charge in [-0.1, -0.05) is 36.4 Å². The summed E-state index contributed by atoms with van der Waals surface area (Å²) in [5, 5.41) is 0. The lowest BCUT2D eigenvalue weighted by molar-refractivity contribution is -0.130. The Morgan fingerprint density at radius 1 is 1.12 bits per heavy atom. The largest absolute Gasteiger partial charge is 0.339 e. The smallest absolute Gasteiger partial charge is 0.242 e. The van der Waals surface area contributed by atoms with Crippen LogP contribution in [0.4, 0.5) is 0 Å². The zero-order chi connectivity index (χ0) is 23.6. The van der Waals surface area contributed by atoms with Crippen molar-refractivity contribution in [2.24, 2.45) is 0 Å². The van der Waals surface area contributed by atoms with Crippen LogP contribution in [0.2, 0.25) is 0 Å². The van der Waals surface area contributed by atoms with E-state index in [2.05, 4.69) is 27.8 Å². The van der Waals surface area contributed by atoms with Crippen molar-refractivity contribution in [2.45, 2.75) is 37.6 Å². The molecule has 4 rings (SSSR count). The molecule has 0 aliphatic carbocycles. The molecule has 0 fully saturated rings. The third-order valence-electron chi connectivity index (χ3n) is 6.16. The number of aromatic nitrogens is 2. The Morgan fingerprint density at radius 3 is 2.52 bits per heavy atom. The van der Waals surface area contributed by atoms with Gasteiger partial charge < -0.3 is 9.47 Å². The van der Waals surface area contributed by atoms with Gasteiger partial charge >= 0.3 is 0 Å². The normalized spacial score (nSPS) is 14.7. The van der Waals surface area contributed by atoms with Gasteiger partial charge in [0.25, 0.3) is 0 Å². The van der Waals surface area contributed by atoms with Crippen LogP contribution in [0.25, 0.3) is 16.6 Å². The number of imidazole rings is 1. The second-order valence-corrected chi connectivity index (χ2v) is 10.5. The Bertz CT molecular complexity index is 1290. The Labute approximate surface area is 195 Å². The minimum absolute atomic E-state index is 0.115. The fourth-order valence-electron chi connectivity index (χ4n) is 4.26. The van der Waals surface area contributed by atoms with Crippen molar-refractivity contribution >= 4 is 32.5 Å². The van der Waals surface area contributed by atoms with Crippen molar-refractivity contribution < 1.29 is 13.2 Å². The SMILES string of the molecule is CCn1c(CCC(=O)N2CC=C(c3ccccc3)CC2)nc2cc(S(=O)(=O)N(C)C)ccc21. The standard InChI is InChI=1S/C25H30N4O3S/c1-4-29-23-11-10-21(33(31,32)27(2)3)18-22(23)26-24(29)12-13-25(30)28-16-14-20(15-17-28)19-8-6-5-7-9-19/h5-11,14,18H,4,12-13,15-17H2,1-3H3. The molecule has 0 saturated carbocycles. The number of hydrogen-bond donors (Lipinski definition) is 0. The summed E-state index contributed by atoms with van der Waals surface area (Å²) < 4.78 is 28.2. The third-order valence-corrected chi connectivity index (χ3v) is 7.97. The number of carbonyl (C=O) groups is 1. The van der Waals surface area contributed by atoms with E-state index >= 15 is 0 Å². The molecule has 7 nitrogen and oxygen atoms in total. The van der Waals surface area contributed by atoms with E-state index in [9.17, 15) is 13.2 Å².